The molecule has 0 aliphatic rings. The second-order valence-corrected chi connectivity index (χ2v) is 5.34. The molecule has 19 heavy (non-hydrogen) atoms. The Kier molecular flexibility index (Phi) is 3.84. The number of hydrogen-bond acceptors (Lipinski definition) is 5. The molecule has 4 nitrogen and oxygen atoms in total. The van der Waals surface area contributed by atoms with E-state index < -0.39 is 0 Å². The van der Waals surface area contributed by atoms with E-state index in [-0.39, 0.29) is 0 Å². The van der Waals surface area contributed by atoms with E-state index in [0.717, 1.165) is 27.4 Å². The van der Waals surface area contributed by atoms with Crippen LogP contribution in [0.25, 0.3) is 11.3 Å². The second kappa shape index (κ2) is 5.39. The first kappa shape index (κ1) is 13.5. The van der Waals surface area contributed by atoms with Gasteiger partial charge < -0.3 is 10.5 Å². The van der Waals surface area contributed by atoms with Crippen molar-refractivity contribution in [1.82, 2.24) is 4.98 Å². The molecule has 0 aliphatic heterocycles. The maximum atomic E-state index is 9.24. The molecule has 0 amide bonds. The van der Waals surface area contributed by atoms with E-state index in [2.05, 4.69) is 17.1 Å². The number of nitrogens with two attached hydrogens (primary N) is 1. The van der Waals surface area contributed by atoms with Crippen molar-refractivity contribution in [2.75, 3.05) is 7.11 Å². The van der Waals surface area contributed by atoms with Crippen LogP contribution in [-0.2, 0) is 6.54 Å². The largest absolute Gasteiger partial charge is 0.496 e. The van der Waals surface area contributed by atoms with Gasteiger partial charge in [0.05, 0.1) is 7.11 Å². The van der Waals surface area contributed by atoms with E-state index in [0.29, 0.717) is 17.1 Å². The topological polar surface area (TPSA) is 71.9 Å². The molecular weight excluding hydrogens is 258 g/mol. The second-order valence-electron chi connectivity index (χ2n) is 4.26. The third kappa shape index (κ3) is 2.46. The Morgan fingerprint density at radius 3 is 2.74 bits per heavy atom. The summed E-state index contributed by atoms with van der Waals surface area (Å²) in [5.74, 6) is 0.739. The van der Waals surface area contributed by atoms with Gasteiger partial charge in [0.1, 0.15) is 27.4 Å². The fourth-order valence-corrected chi connectivity index (χ4v) is 2.84. The van der Waals surface area contributed by atoms with Gasteiger partial charge in [0.25, 0.3) is 0 Å². The summed E-state index contributed by atoms with van der Waals surface area (Å²) in [6.07, 6.45) is 0. The van der Waals surface area contributed by atoms with E-state index in [1.165, 1.54) is 11.3 Å². The van der Waals surface area contributed by atoms with E-state index in [4.69, 9.17) is 10.5 Å². The zero-order chi connectivity index (χ0) is 14.0. The number of aryl methyl sites for hydroxylation is 2. The Balaban J connectivity index is 2.71. The van der Waals surface area contributed by atoms with Gasteiger partial charge in [-0.2, -0.15) is 5.26 Å². The van der Waals surface area contributed by atoms with Crippen LogP contribution in [-0.4, -0.2) is 12.1 Å². The molecule has 5 heteroatoms. The fraction of sp³-hybridized carbons (Fsp3) is 0.286. The van der Waals surface area contributed by atoms with Crippen LogP contribution < -0.4 is 10.5 Å². The first-order valence-corrected chi connectivity index (χ1v) is 6.67. The minimum absolute atomic E-state index is 0.340. The number of thiazole rings is 1. The van der Waals surface area contributed by atoms with E-state index in [1.54, 1.807) is 7.11 Å². The molecule has 0 unspecified atom stereocenters. The van der Waals surface area contributed by atoms with Gasteiger partial charge in [0.15, 0.2) is 0 Å². The third-order valence-electron chi connectivity index (χ3n) is 2.85. The monoisotopic (exact) mass is 273 g/mol. The molecule has 0 saturated heterocycles. The van der Waals surface area contributed by atoms with Crippen molar-refractivity contribution in [2.45, 2.75) is 20.4 Å². The predicted molar refractivity (Wildman–Crippen MR) is 76.2 cm³/mol. The molecule has 1 heterocycles. The zero-order valence-corrected chi connectivity index (χ0v) is 12.0. The van der Waals surface area contributed by atoms with E-state index in [1.807, 2.05) is 19.9 Å². The molecule has 2 N–H and O–H groups in total. The van der Waals surface area contributed by atoms with Gasteiger partial charge in [-0.1, -0.05) is 6.07 Å². The average Bonchev–Trinajstić information content (AvgIpc) is 2.80. The first-order valence-electron chi connectivity index (χ1n) is 5.86. The number of methoxy groups -OCH3 is 1. The van der Waals surface area contributed by atoms with Crippen molar-refractivity contribution in [2.24, 2.45) is 5.73 Å². The number of hydrogen-bond donors (Lipinski definition) is 1. The van der Waals surface area contributed by atoms with Crippen LogP contribution in [0.4, 0.5) is 0 Å². The Hall–Kier alpha value is -1.90. The smallest absolute Gasteiger partial charge is 0.133 e. The lowest BCUT2D eigenvalue weighted by Gasteiger charge is -2.11. The SMILES string of the molecule is COc1cc(C)cc(C)c1-c1nc(CN)sc1C#N. The van der Waals surface area contributed by atoms with Crippen LogP contribution in [0, 0.1) is 25.2 Å². The van der Waals surface area contributed by atoms with Crippen molar-refractivity contribution in [1.29, 1.82) is 5.26 Å². The molecule has 0 radical (unpaired) electrons. The molecule has 0 bridgehead atoms. The highest BCUT2D eigenvalue weighted by molar-refractivity contribution is 7.12. The van der Waals surface area contributed by atoms with Crippen LogP contribution >= 0.6 is 11.3 Å². The Bertz CT molecular complexity index is 655. The number of nitriles is 1. The standard InChI is InChI=1S/C14H15N3OS/c1-8-4-9(2)13(10(5-8)18-3)14-11(6-15)19-12(7-16)17-14/h4-5H,7,16H2,1-3H3. The molecule has 0 aliphatic carbocycles. The molecule has 2 aromatic rings. The highest BCUT2D eigenvalue weighted by atomic mass is 32.1. The molecule has 1 aromatic carbocycles. The Labute approximate surface area is 116 Å². The molecule has 2 rings (SSSR count). The Morgan fingerprint density at radius 2 is 2.16 bits per heavy atom. The summed E-state index contributed by atoms with van der Waals surface area (Å²) in [5.41, 5.74) is 9.31. The Morgan fingerprint density at radius 1 is 1.42 bits per heavy atom. The van der Waals surface area contributed by atoms with Gasteiger partial charge in [-0.15, -0.1) is 11.3 Å². The highest BCUT2D eigenvalue weighted by Gasteiger charge is 2.18. The number of benzene rings is 1. The molecule has 98 valence electrons. The van der Waals surface area contributed by atoms with Crippen LogP contribution in [0.5, 0.6) is 5.75 Å². The molecule has 0 spiro atoms. The summed E-state index contributed by atoms with van der Waals surface area (Å²) in [5, 5.41) is 9.99. The number of ether oxygens (including phenoxy) is 1. The van der Waals surface area contributed by atoms with Gasteiger partial charge in [0, 0.05) is 12.1 Å². The molecule has 0 atom stereocenters. The predicted octanol–water partition coefficient (Wildman–Crippen LogP) is 2.77. The van der Waals surface area contributed by atoms with Crippen molar-refractivity contribution >= 4 is 11.3 Å². The van der Waals surface area contributed by atoms with Gasteiger partial charge in [0.2, 0.25) is 0 Å². The first-order chi connectivity index (χ1) is 9.10. The summed E-state index contributed by atoms with van der Waals surface area (Å²) in [4.78, 5) is 5.03. The van der Waals surface area contributed by atoms with Gasteiger partial charge in [-0.25, -0.2) is 4.98 Å². The number of nitrogens with zero attached hydrogens (tertiary/aromatic N) is 2. The van der Waals surface area contributed by atoms with Crippen molar-refractivity contribution in [3.8, 4) is 23.1 Å². The lowest BCUT2D eigenvalue weighted by molar-refractivity contribution is 0.415. The summed E-state index contributed by atoms with van der Waals surface area (Å²) in [6.45, 7) is 4.34. The normalized spacial score (nSPS) is 10.3. The molecule has 1 aromatic heterocycles. The number of rotatable bonds is 3. The fourth-order valence-electron chi connectivity index (χ4n) is 2.09. The summed E-state index contributed by atoms with van der Waals surface area (Å²) < 4.78 is 5.43. The quantitative estimate of drug-likeness (QED) is 0.933. The lowest BCUT2D eigenvalue weighted by atomic mass is 10.0. The maximum Gasteiger partial charge on any atom is 0.133 e. The van der Waals surface area contributed by atoms with Crippen LogP contribution in [0.3, 0.4) is 0 Å². The van der Waals surface area contributed by atoms with E-state index in [9.17, 15) is 5.26 Å². The summed E-state index contributed by atoms with van der Waals surface area (Å²) in [7, 11) is 1.62. The minimum atomic E-state index is 0.340. The summed E-state index contributed by atoms with van der Waals surface area (Å²) >= 11 is 1.33. The van der Waals surface area contributed by atoms with E-state index >= 15 is 0 Å². The van der Waals surface area contributed by atoms with Crippen LogP contribution in [0.1, 0.15) is 21.0 Å². The highest BCUT2D eigenvalue weighted by Crippen LogP contribution is 2.37. The van der Waals surface area contributed by atoms with Crippen LogP contribution in [0.15, 0.2) is 12.1 Å². The van der Waals surface area contributed by atoms with Gasteiger partial charge >= 0.3 is 0 Å². The number of aromatic nitrogens is 1. The van der Waals surface area contributed by atoms with Crippen molar-refractivity contribution in [3.05, 3.63) is 33.1 Å². The summed E-state index contributed by atoms with van der Waals surface area (Å²) in [6, 6.07) is 6.19. The van der Waals surface area contributed by atoms with Crippen LogP contribution in [0.2, 0.25) is 0 Å². The molecular formula is C14H15N3OS. The molecule has 0 fully saturated rings. The maximum absolute atomic E-state index is 9.24. The zero-order valence-electron chi connectivity index (χ0n) is 11.2. The molecule has 0 saturated carbocycles. The minimum Gasteiger partial charge on any atom is -0.496 e. The lowest BCUT2D eigenvalue weighted by Crippen LogP contribution is -1.97. The average molecular weight is 273 g/mol. The van der Waals surface area contributed by atoms with Crippen molar-refractivity contribution < 1.29 is 4.74 Å². The van der Waals surface area contributed by atoms with Gasteiger partial charge in [-0.05, 0) is 31.0 Å². The van der Waals surface area contributed by atoms with Crippen molar-refractivity contribution in [3.63, 3.8) is 0 Å². The van der Waals surface area contributed by atoms with Gasteiger partial charge in [-0.3, -0.25) is 0 Å². The third-order valence-corrected chi connectivity index (χ3v) is 3.83.